The molecule has 0 aliphatic rings. The Bertz CT molecular complexity index is 863. The quantitative estimate of drug-likeness (QED) is 0.756. The molecule has 0 atom stereocenters. The van der Waals surface area contributed by atoms with E-state index in [1.807, 2.05) is 36.4 Å². The Morgan fingerprint density at radius 2 is 1.96 bits per heavy atom. The lowest BCUT2D eigenvalue weighted by Gasteiger charge is -2.11. The Balaban J connectivity index is 2.06. The average molecular weight is 320 g/mol. The molecule has 0 bridgehead atoms. The van der Waals surface area contributed by atoms with Crippen LogP contribution in [0.1, 0.15) is 12.0 Å². The number of carbonyl (C=O) groups excluding carboxylic acids is 1. The van der Waals surface area contributed by atoms with E-state index in [1.54, 1.807) is 24.4 Å². The SMILES string of the molecule is NC(=O)CCc1cc(-c2ccc[nH+]n2)ccc1-c1cccc(O)c1. The number of hydrogen-bond donors (Lipinski definition) is 2. The van der Waals surface area contributed by atoms with Crippen LogP contribution >= 0.6 is 0 Å². The third-order valence-electron chi connectivity index (χ3n) is 3.81. The summed E-state index contributed by atoms with van der Waals surface area (Å²) in [6.45, 7) is 0. The van der Waals surface area contributed by atoms with Crippen LogP contribution in [0, 0.1) is 0 Å². The summed E-state index contributed by atoms with van der Waals surface area (Å²) in [6.07, 6.45) is 2.55. The molecule has 0 fully saturated rings. The van der Waals surface area contributed by atoms with Gasteiger partial charge in [-0.15, -0.1) is 5.10 Å². The molecule has 0 saturated carbocycles. The third kappa shape index (κ3) is 3.57. The number of benzene rings is 2. The summed E-state index contributed by atoms with van der Waals surface area (Å²) in [4.78, 5) is 11.2. The van der Waals surface area contributed by atoms with Gasteiger partial charge in [0, 0.05) is 18.1 Å². The van der Waals surface area contributed by atoms with Crippen LogP contribution in [0.15, 0.2) is 60.8 Å². The standard InChI is InChI=1S/C19H17N3O2/c20-19(24)9-7-14-11-15(18-5-2-10-21-22-18)6-8-17(14)13-3-1-4-16(23)12-13/h1-6,8,10-12,23H,7,9H2,(H2,20,24)/p+1. The van der Waals surface area contributed by atoms with Crippen molar-refractivity contribution in [1.29, 1.82) is 0 Å². The zero-order valence-electron chi connectivity index (χ0n) is 13.1. The average Bonchev–Trinajstić information content (AvgIpc) is 2.60. The summed E-state index contributed by atoms with van der Waals surface area (Å²) in [5.41, 5.74) is 9.93. The van der Waals surface area contributed by atoms with Crippen LogP contribution in [0.25, 0.3) is 22.4 Å². The number of H-pyrrole nitrogens is 1. The van der Waals surface area contributed by atoms with Gasteiger partial charge in [0.15, 0.2) is 6.20 Å². The topological polar surface area (TPSA) is 90.4 Å². The monoisotopic (exact) mass is 320 g/mol. The van der Waals surface area contributed by atoms with Crippen LogP contribution in [0.2, 0.25) is 0 Å². The van der Waals surface area contributed by atoms with Gasteiger partial charge in [0.25, 0.3) is 0 Å². The van der Waals surface area contributed by atoms with Gasteiger partial charge in [0.05, 0.1) is 0 Å². The number of amides is 1. The van der Waals surface area contributed by atoms with Crippen LogP contribution in [0.3, 0.4) is 0 Å². The van der Waals surface area contributed by atoms with Crippen LogP contribution in [-0.2, 0) is 11.2 Å². The summed E-state index contributed by atoms with van der Waals surface area (Å²) >= 11 is 0. The van der Waals surface area contributed by atoms with E-state index in [9.17, 15) is 9.90 Å². The number of phenolic OH excluding ortho intramolecular Hbond substituents is 1. The molecule has 0 spiro atoms. The normalized spacial score (nSPS) is 10.5. The molecule has 3 aromatic rings. The molecule has 5 heteroatoms. The molecule has 0 radical (unpaired) electrons. The zero-order chi connectivity index (χ0) is 16.9. The van der Waals surface area contributed by atoms with E-state index < -0.39 is 0 Å². The molecule has 1 heterocycles. The van der Waals surface area contributed by atoms with Crippen molar-refractivity contribution in [3.8, 4) is 28.1 Å². The first kappa shape index (κ1) is 15.7. The lowest BCUT2D eigenvalue weighted by atomic mass is 9.93. The smallest absolute Gasteiger partial charge is 0.217 e. The fourth-order valence-corrected chi connectivity index (χ4v) is 2.66. The Morgan fingerprint density at radius 1 is 1.08 bits per heavy atom. The van der Waals surface area contributed by atoms with Crippen LogP contribution in [0.4, 0.5) is 0 Å². The Hall–Kier alpha value is -3.21. The van der Waals surface area contributed by atoms with Crippen molar-refractivity contribution >= 4 is 5.91 Å². The predicted octanol–water partition coefficient (Wildman–Crippen LogP) is 2.35. The van der Waals surface area contributed by atoms with Crippen molar-refractivity contribution in [2.24, 2.45) is 5.73 Å². The van der Waals surface area contributed by atoms with Gasteiger partial charge in [0.1, 0.15) is 11.4 Å². The van der Waals surface area contributed by atoms with Crippen molar-refractivity contribution in [3.05, 3.63) is 66.4 Å². The molecule has 0 saturated heterocycles. The minimum atomic E-state index is -0.339. The fourth-order valence-electron chi connectivity index (χ4n) is 2.66. The van der Waals surface area contributed by atoms with E-state index in [2.05, 4.69) is 10.2 Å². The summed E-state index contributed by atoms with van der Waals surface area (Å²) < 4.78 is 0. The number of primary amides is 1. The highest BCUT2D eigenvalue weighted by molar-refractivity contribution is 5.76. The number of phenols is 1. The van der Waals surface area contributed by atoms with Crippen molar-refractivity contribution in [3.63, 3.8) is 0 Å². The lowest BCUT2D eigenvalue weighted by Crippen LogP contribution is -2.11. The highest BCUT2D eigenvalue weighted by atomic mass is 16.3. The second kappa shape index (κ2) is 6.91. The predicted molar refractivity (Wildman–Crippen MR) is 90.8 cm³/mol. The molecular weight excluding hydrogens is 302 g/mol. The van der Waals surface area contributed by atoms with Gasteiger partial charge in [-0.05, 0) is 52.5 Å². The molecular formula is C19H18N3O2+. The van der Waals surface area contributed by atoms with Gasteiger partial charge in [-0.3, -0.25) is 4.79 Å². The molecule has 24 heavy (non-hydrogen) atoms. The molecule has 0 unspecified atom stereocenters. The summed E-state index contributed by atoms with van der Waals surface area (Å²) in [6, 6.07) is 16.8. The largest absolute Gasteiger partial charge is 0.508 e. The maximum absolute atomic E-state index is 11.2. The van der Waals surface area contributed by atoms with E-state index in [1.165, 1.54) is 0 Å². The Morgan fingerprint density at radius 3 is 2.67 bits per heavy atom. The molecule has 1 aromatic heterocycles. The lowest BCUT2D eigenvalue weighted by molar-refractivity contribution is -0.453. The third-order valence-corrected chi connectivity index (χ3v) is 3.81. The molecule has 2 aromatic carbocycles. The zero-order valence-corrected chi connectivity index (χ0v) is 13.1. The van der Waals surface area contributed by atoms with Crippen LogP contribution in [-0.4, -0.2) is 16.1 Å². The van der Waals surface area contributed by atoms with Crippen LogP contribution in [0.5, 0.6) is 5.75 Å². The number of hydrogen-bond acceptors (Lipinski definition) is 3. The number of nitrogens with two attached hydrogens (primary N) is 1. The number of rotatable bonds is 5. The van der Waals surface area contributed by atoms with Gasteiger partial charge in [0.2, 0.25) is 5.91 Å². The highest BCUT2D eigenvalue weighted by Gasteiger charge is 2.11. The number of aromatic hydroxyl groups is 1. The second-order valence-corrected chi connectivity index (χ2v) is 5.54. The maximum Gasteiger partial charge on any atom is 0.217 e. The van der Waals surface area contributed by atoms with Crippen molar-refractivity contribution in [2.75, 3.05) is 0 Å². The van der Waals surface area contributed by atoms with E-state index in [-0.39, 0.29) is 18.1 Å². The molecule has 0 aliphatic heterocycles. The van der Waals surface area contributed by atoms with Gasteiger partial charge >= 0.3 is 0 Å². The van der Waals surface area contributed by atoms with Crippen molar-refractivity contribution < 1.29 is 15.0 Å². The highest BCUT2D eigenvalue weighted by Crippen LogP contribution is 2.30. The number of carbonyl (C=O) groups is 1. The summed E-state index contributed by atoms with van der Waals surface area (Å²) in [5.74, 6) is -0.134. The Kier molecular flexibility index (Phi) is 4.52. The Labute approximate surface area is 139 Å². The van der Waals surface area contributed by atoms with E-state index in [0.717, 1.165) is 27.9 Å². The minimum absolute atomic E-state index is 0.205. The van der Waals surface area contributed by atoms with E-state index >= 15 is 0 Å². The van der Waals surface area contributed by atoms with Crippen LogP contribution < -0.4 is 10.8 Å². The first-order chi connectivity index (χ1) is 11.6. The fraction of sp³-hybridized carbons (Fsp3) is 0.105. The summed E-state index contributed by atoms with van der Waals surface area (Å²) in [5, 5.41) is 16.8. The van der Waals surface area contributed by atoms with Gasteiger partial charge in [-0.1, -0.05) is 24.3 Å². The number of aryl methyl sites for hydroxylation is 1. The number of nitrogens with zero attached hydrogens (tertiary/aromatic N) is 1. The minimum Gasteiger partial charge on any atom is -0.508 e. The second-order valence-electron chi connectivity index (χ2n) is 5.54. The molecule has 4 N–H and O–H groups in total. The number of aromatic nitrogens is 2. The molecule has 3 rings (SSSR count). The first-order valence-corrected chi connectivity index (χ1v) is 7.67. The molecule has 120 valence electrons. The first-order valence-electron chi connectivity index (χ1n) is 7.67. The van der Waals surface area contributed by atoms with Gasteiger partial charge < -0.3 is 10.8 Å². The van der Waals surface area contributed by atoms with E-state index in [0.29, 0.717) is 6.42 Å². The molecule has 0 aliphatic carbocycles. The van der Waals surface area contributed by atoms with Gasteiger partial charge in [-0.25, -0.2) is 0 Å². The molecule has 1 amide bonds. The van der Waals surface area contributed by atoms with Crippen molar-refractivity contribution in [1.82, 2.24) is 5.10 Å². The van der Waals surface area contributed by atoms with Crippen molar-refractivity contribution in [2.45, 2.75) is 12.8 Å². The number of nitrogens with one attached hydrogen (secondary N) is 1. The van der Waals surface area contributed by atoms with Gasteiger partial charge in [-0.2, -0.15) is 0 Å². The molecule has 5 nitrogen and oxygen atoms in total. The maximum atomic E-state index is 11.2. The van der Waals surface area contributed by atoms with E-state index in [4.69, 9.17) is 5.73 Å². The number of aromatic amines is 1. The summed E-state index contributed by atoms with van der Waals surface area (Å²) in [7, 11) is 0.